The van der Waals surface area contributed by atoms with Crippen LogP contribution in [0.1, 0.15) is 43.1 Å². The van der Waals surface area contributed by atoms with Crippen LogP contribution in [0.4, 0.5) is 4.79 Å². The molecule has 1 aliphatic rings. The Balaban J connectivity index is 1.79. The topological polar surface area (TPSA) is 87.5 Å². The molecule has 21 heavy (non-hydrogen) atoms. The summed E-state index contributed by atoms with van der Waals surface area (Å²) in [5.41, 5.74) is 0.0170. The Morgan fingerprint density at radius 2 is 2.29 bits per heavy atom. The normalized spacial score (nSPS) is 18.5. The SMILES string of the molecule is CCC1CCCCN1C(=O)NCCn1cnc(C(=O)O)c1. The number of carboxylic acid groups (broad SMARTS) is 1. The average molecular weight is 294 g/mol. The van der Waals surface area contributed by atoms with E-state index in [0.29, 0.717) is 19.1 Å². The maximum Gasteiger partial charge on any atom is 0.356 e. The first-order chi connectivity index (χ1) is 10.1. The second-order valence-electron chi connectivity index (χ2n) is 5.29. The molecule has 1 unspecified atom stereocenters. The molecule has 2 amide bonds. The Morgan fingerprint density at radius 3 is 2.95 bits per heavy atom. The lowest BCUT2D eigenvalue weighted by atomic mass is 10.0. The molecule has 1 fully saturated rings. The van der Waals surface area contributed by atoms with Crippen molar-refractivity contribution in [2.75, 3.05) is 13.1 Å². The highest BCUT2D eigenvalue weighted by molar-refractivity contribution is 5.84. The van der Waals surface area contributed by atoms with Crippen LogP contribution < -0.4 is 5.32 Å². The molecule has 7 nitrogen and oxygen atoms in total. The van der Waals surface area contributed by atoms with Gasteiger partial charge in [0.2, 0.25) is 0 Å². The van der Waals surface area contributed by atoms with Crippen LogP contribution in [0, 0.1) is 0 Å². The fourth-order valence-corrected chi connectivity index (χ4v) is 2.68. The molecule has 1 atom stereocenters. The van der Waals surface area contributed by atoms with Crippen LogP contribution in [0.3, 0.4) is 0 Å². The molecule has 0 spiro atoms. The minimum absolute atomic E-state index is 0.0170. The van der Waals surface area contributed by atoms with E-state index in [1.165, 1.54) is 18.9 Å². The van der Waals surface area contributed by atoms with Crippen molar-refractivity contribution >= 4 is 12.0 Å². The number of amides is 2. The lowest BCUT2D eigenvalue weighted by molar-refractivity contribution is 0.0691. The van der Waals surface area contributed by atoms with Gasteiger partial charge in [0.25, 0.3) is 0 Å². The number of nitrogens with zero attached hydrogens (tertiary/aromatic N) is 3. The van der Waals surface area contributed by atoms with Crippen molar-refractivity contribution in [3.63, 3.8) is 0 Å². The van der Waals surface area contributed by atoms with E-state index in [1.54, 1.807) is 4.57 Å². The van der Waals surface area contributed by atoms with Gasteiger partial charge in [-0.05, 0) is 25.7 Å². The molecule has 2 rings (SSSR count). The maximum atomic E-state index is 12.2. The summed E-state index contributed by atoms with van der Waals surface area (Å²) in [6.07, 6.45) is 7.24. The number of hydrogen-bond acceptors (Lipinski definition) is 3. The lowest BCUT2D eigenvalue weighted by Gasteiger charge is -2.35. The minimum Gasteiger partial charge on any atom is -0.476 e. The highest BCUT2D eigenvalue weighted by Crippen LogP contribution is 2.19. The van der Waals surface area contributed by atoms with Gasteiger partial charge in [0, 0.05) is 31.9 Å². The Labute approximate surface area is 124 Å². The predicted molar refractivity (Wildman–Crippen MR) is 77.2 cm³/mol. The molecule has 0 aromatic carbocycles. The van der Waals surface area contributed by atoms with E-state index in [1.807, 2.05) is 4.90 Å². The van der Waals surface area contributed by atoms with Crippen LogP contribution in [-0.4, -0.2) is 50.7 Å². The highest BCUT2D eigenvalue weighted by Gasteiger charge is 2.24. The van der Waals surface area contributed by atoms with Crippen molar-refractivity contribution in [3.8, 4) is 0 Å². The molecule has 0 bridgehead atoms. The van der Waals surface area contributed by atoms with Gasteiger partial charge in [0.15, 0.2) is 5.69 Å². The number of urea groups is 1. The smallest absolute Gasteiger partial charge is 0.356 e. The van der Waals surface area contributed by atoms with Crippen molar-refractivity contribution in [2.45, 2.75) is 45.2 Å². The number of aromatic nitrogens is 2. The number of carboxylic acids is 1. The molecule has 116 valence electrons. The van der Waals surface area contributed by atoms with Crippen LogP contribution in [0.15, 0.2) is 12.5 Å². The van der Waals surface area contributed by atoms with E-state index in [2.05, 4.69) is 17.2 Å². The molecule has 1 aromatic rings. The monoisotopic (exact) mass is 294 g/mol. The van der Waals surface area contributed by atoms with Gasteiger partial charge >= 0.3 is 12.0 Å². The van der Waals surface area contributed by atoms with Gasteiger partial charge in [-0.1, -0.05) is 6.92 Å². The molecule has 2 heterocycles. The van der Waals surface area contributed by atoms with Gasteiger partial charge in [0.05, 0.1) is 6.33 Å². The van der Waals surface area contributed by atoms with Gasteiger partial charge in [-0.3, -0.25) is 0 Å². The van der Waals surface area contributed by atoms with E-state index in [0.717, 1.165) is 25.8 Å². The second kappa shape index (κ2) is 7.10. The highest BCUT2D eigenvalue weighted by atomic mass is 16.4. The van der Waals surface area contributed by atoms with E-state index in [-0.39, 0.29) is 11.7 Å². The van der Waals surface area contributed by atoms with Crippen LogP contribution in [0.25, 0.3) is 0 Å². The summed E-state index contributed by atoms with van der Waals surface area (Å²) in [7, 11) is 0. The van der Waals surface area contributed by atoms with Crippen LogP contribution in [-0.2, 0) is 6.54 Å². The largest absolute Gasteiger partial charge is 0.476 e. The first kappa shape index (κ1) is 15.3. The number of likely N-dealkylation sites (tertiary alicyclic amines) is 1. The zero-order valence-corrected chi connectivity index (χ0v) is 12.3. The molecule has 1 saturated heterocycles. The lowest BCUT2D eigenvalue weighted by Crippen LogP contribution is -2.48. The van der Waals surface area contributed by atoms with Gasteiger partial charge in [-0.15, -0.1) is 0 Å². The Kier molecular flexibility index (Phi) is 5.19. The average Bonchev–Trinajstić information content (AvgIpc) is 2.96. The molecular formula is C14H22N4O3. The number of imidazole rings is 1. The maximum absolute atomic E-state index is 12.2. The number of piperidine rings is 1. The summed E-state index contributed by atoms with van der Waals surface area (Å²) in [6, 6.07) is 0.311. The molecule has 7 heteroatoms. The Bertz CT molecular complexity index is 500. The van der Waals surface area contributed by atoms with Crippen molar-refractivity contribution in [1.29, 1.82) is 0 Å². The molecule has 2 N–H and O–H groups in total. The second-order valence-corrected chi connectivity index (χ2v) is 5.29. The van der Waals surface area contributed by atoms with Gasteiger partial charge in [0.1, 0.15) is 0 Å². The van der Waals surface area contributed by atoms with Gasteiger partial charge < -0.3 is 19.9 Å². The number of nitrogens with one attached hydrogen (secondary N) is 1. The minimum atomic E-state index is -1.04. The van der Waals surface area contributed by atoms with Gasteiger partial charge in [-0.25, -0.2) is 14.6 Å². The summed E-state index contributed by atoms with van der Waals surface area (Å²) < 4.78 is 1.66. The molecule has 0 radical (unpaired) electrons. The number of carbonyl (C=O) groups is 2. The fourth-order valence-electron chi connectivity index (χ4n) is 2.68. The number of hydrogen-bond donors (Lipinski definition) is 2. The molecule has 1 aromatic heterocycles. The van der Waals surface area contributed by atoms with Crippen molar-refractivity contribution in [3.05, 3.63) is 18.2 Å². The number of carbonyl (C=O) groups excluding carboxylic acids is 1. The van der Waals surface area contributed by atoms with Crippen molar-refractivity contribution in [1.82, 2.24) is 19.8 Å². The third-order valence-electron chi connectivity index (χ3n) is 3.86. The van der Waals surface area contributed by atoms with Crippen LogP contribution in [0.5, 0.6) is 0 Å². The van der Waals surface area contributed by atoms with E-state index in [4.69, 9.17) is 5.11 Å². The Hall–Kier alpha value is -2.05. The summed E-state index contributed by atoms with van der Waals surface area (Å²) >= 11 is 0. The molecule has 0 aliphatic carbocycles. The Morgan fingerprint density at radius 1 is 1.48 bits per heavy atom. The van der Waals surface area contributed by atoms with E-state index >= 15 is 0 Å². The molecule has 1 aliphatic heterocycles. The quantitative estimate of drug-likeness (QED) is 0.862. The van der Waals surface area contributed by atoms with E-state index in [9.17, 15) is 9.59 Å². The van der Waals surface area contributed by atoms with Crippen LogP contribution in [0.2, 0.25) is 0 Å². The van der Waals surface area contributed by atoms with Crippen LogP contribution >= 0.6 is 0 Å². The summed E-state index contributed by atoms with van der Waals surface area (Å²) in [5, 5.41) is 11.7. The third kappa shape index (κ3) is 3.96. The standard InChI is InChI=1S/C14H22N4O3/c1-2-11-5-3-4-7-18(11)14(21)15-6-8-17-9-12(13(19)20)16-10-17/h9-11H,2-8H2,1H3,(H,15,21)(H,19,20). The zero-order valence-electron chi connectivity index (χ0n) is 12.3. The molecular weight excluding hydrogens is 272 g/mol. The summed E-state index contributed by atoms with van der Waals surface area (Å²) in [6.45, 7) is 3.89. The summed E-state index contributed by atoms with van der Waals surface area (Å²) in [4.78, 5) is 28.6. The summed E-state index contributed by atoms with van der Waals surface area (Å²) in [5.74, 6) is -1.04. The molecule has 0 saturated carbocycles. The van der Waals surface area contributed by atoms with Gasteiger partial charge in [-0.2, -0.15) is 0 Å². The predicted octanol–water partition coefficient (Wildman–Crippen LogP) is 1.56. The zero-order chi connectivity index (χ0) is 15.2. The number of aromatic carboxylic acids is 1. The van der Waals surface area contributed by atoms with E-state index < -0.39 is 5.97 Å². The fraction of sp³-hybridized carbons (Fsp3) is 0.643. The third-order valence-corrected chi connectivity index (χ3v) is 3.86. The van der Waals surface area contributed by atoms with Crippen molar-refractivity contribution in [2.24, 2.45) is 0 Å². The first-order valence-electron chi connectivity index (χ1n) is 7.41. The first-order valence-corrected chi connectivity index (χ1v) is 7.41. The van der Waals surface area contributed by atoms with Crippen molar-refractivity contribution < 1.29 is 14.7 Å². The number of rotatable bonds is 5.